The van der Waals surface area contributed by atoms with Crippen molar-refractivity contribution in [2.45, 2.75) is 57.2 Å². The van der Waals surface area contributed by atoms with Gasteiger partial charge in [0.1, 0.15) is 12.1 Å². The maximum atomic E-state index is 12.2. The van der Waals surface area contributed by atoms with Gasteiger partial charge in [-0.05, 0) is 66.5 Å². The summed E-state index contributed by atoms with van der Waals surface area (Å²) < 4.78 is 1.05. The minimum absolute atomic E-state index is 0.0133. The number of benzene rings is 1. The third-order valence-corrected chi connectivity index (χ3v) is 5.15. The molecule has 6 N–H and O–H groups in total. The largest absolute Gasteiger partial charge is 0.481 e. The number of carbonyl (C=O) groups is 5. The standard InChI is InChI=1S/C20H26IN3O8/c1-11(22-16(25)10-12-3-5-13(21)6-4-12)2-7-14(18(28)29)23-20(32)24-15(19(30)31)8-9-17(26)27/h3-6,11,14-15H,2,7-10H2,1H3,(H,22,25)(H,26,27)(H,28,29)(H,30,31)(H2,23,24,32). The second kappa shape index (κ2) is 13.5. The zero-order chi connectivity index (χ0) is 24.3. The van der Waals surface area contributed by atoms with Gasteiger partial charge >= 0.3 is 23.9 Å². The predicted octanol–water partition coefficient (Wildman–Crippen LogP) is 1.19. The molecule has 1 aromatic rings. The monoisotopic (exact) mass is 563 g/mol. The number of nitrogens with one attached hydrogen (secondary N) is 3. The molecule has 3 atom stereocenters. The highest BCUT2D eigenvalue weighted by Crippen LogP contribution is 2.08. The number of carboxylic acid groups (broad SMARTS) is 3. The molecule has 0 saturated heterocycles. The van der Waals surface area contributed by atoms with E-state index in [1.54, 1.807) is 6.92 Å². The van der Waals surface area contributed by atoms with Crippen molar-refractivity contribution in [3.8, 4) is 0 Å². The Balaban J connectivity index is 2.52. The molecule has 0 bridgehead atoms. The van der Waals surface area contributed by atoms with Crippen molar-refractivity contribution in [2.24, 2.45) is 0 Å². The lowest BCUT2D eigenvalue weighted by Gasteiger charge is -2.20. The molecule has 0 saturated carbocycles. The summed E-state index contributed by atoms with van der Waals surface area (Å²) in [6, 6.07) is 3.27. The van der Waals surface area contributed by atoms with Gasteiger partial charge in [-0.3, -0.25) is 9.59 Å². The number of aliphatic carboxylic acids is 3. The van der Waals surface area contributed by atoms with Crippen LogP contribution >= 0.6 is 22.6 Å². The lowest BCUT2D eigenvalue weighted by molar-refractivity contribution is -0.141. The van der Waals surface area contributed by atoms with Gasteiger partial charge in [-0.15, -0.1) is 0 Å². The van der Waals surface area contributed by atoms with Crippen LogP contribution in [-0.4, -0.2) is 63.3 Å². The predicted molar refractivity (Wildman–Crippen MR) is 121 cm³/mol. The Labute approximate surface area is 198 Å². The Morgan fingerprint density at radius 2 is 1.38 bits per heavy atom. The molecule has 0 fully saturated rings. The topological polar surface area (TPSA) is 182 Å². The van der Waals surface area contributed by atoms with Crippen LogP contribution in [0.25, 0.3) is 0 Å². The van der Waals surface area contributed by atoms with E-state index in [1.807, 2.05) is 24.3 Å². The van der Waals surface area contributed by atoms with E-state index < -0.39 is 42.4 Å². The zero-order valence-corrected chi connectivity index (χ0v) is 19.5. The van der Waals surface area contributed by atoms with Gasteiger partial charge in [-0.25, -0.2) is 14.4 Å². The number of amides is 3. The normalized spacial score (nSPS) is 13.3. The van der Waals surface area contributed by atoms with Crippen molar-refractivity contribution >= 4 is 52.4 Å². The van der Waals surface area contributed by atoms with Crippen molar-refractivity contribution in [2.75, 3.05) is 0 Å². The van der Waals surface area contributed by atoms with Crippen LogP contribution in [0.1, 0.15) is 38.2 Å². The Bertz CT molecular complexity index is 831. The number of halogens is 1. The van der Waals surface area contributed by atoms with Gasteiger partial charge in [0.15, 0.2) is 0 Å². The first-order valence-corrected chi connectivity index (χ1v) is 10.8. The fourth-order valence-electron chi connectivity index (χ4n) is 2.74. The molecule has 0 aliphatic heterocycles. The summed E-state index contributed by atoms with van der Waals surface area (Å²) in [6.45, 7) is 1.71. The number of urea groups is 1. The summed E-state index contributed by atoms with van der Waals surface area (Å²) in [5, 5.41) is 34.0. The first-order valence-electron chi connectivity index (χ1n) is 9.76. The summed E-state index contributed by atoms with van der Waals surface area (Å²) in [6.07, 6.45) is -0.409. The first kappa shape index (κ1) is 27.1. The fourth-order valence-corrected chi connectivity index (χ4v) is 3.10. The van der Waals surface area contributed by atoms with Crippen LogP contribution in [0.15, 0.2) is 24.3 Å². The van der Waals surface area contributed by atoms with Crippen LogP contribution in [0.5, 0.6) is 0 Å². The van der Waals surface area contributed by atoms with Crippen molar-refractivity contribution in [1.82, 2.24) is 16.0 Å². The molecule has 1 aromatic carbocycles. The molecule has 3 amide bonds. The van der Waals surface area contributed by atoms with Gasteiger partial charge in [0.25, 0.3) is 0 Å². The molecule has 32 heavy (non-hydrogen) atoms. The second-order valence-electron chi connectivity index (χ2n) is 7.18. The van der Waals surface area contributed by atoms with Gasteiger partial charge in [-0.1, -0.05) is 12.1 Å². The third kappa shape index (κ3) is 10.9. The lowest BCUT2D eigenvalue weighted by Crippen LogP contribution is -2.51. The van der Waals surface area contributed by atoms with Crippen molar-refractivity contribution in [3.63, 3.8) is 0 Å². The molecule has 12 heteroatoms. The van der Waals surface area contributed by atoms with E-state index in [2.05, 4.69) is 38.5 Å². The molecule has 3 unspecified atom stereocenters. The summed E-state index contributed by atoms with van der Waals surface area (Å²) >= 11 is 2.16. The molecule has 0 aliphatic carbocycles. The highest BCUT2D eigenvalue weighted by atomic mass is 127. The summed E-state index contributed by atoms with van der Waals surface area (Å²) in [7, 11) is 0. The van der Waals surface area contributed by atoms with Crippen LogP contribution in [0.4, 0.5) is 4.79 Å². The maximum Gasteiger partial charge on any atom is 0.326 e. The molecular formula is C20H26IN3O8. The lowest BCUT2D eigenvalue weighted by atomic mass is 10.1. The SMILES string of the molecule is CC(CCC(NC(=O)NC(CCC(=O)O)C(=O)O)C(=O)O)NC(=O)Cc1ccc(I)cc1. The maximum absolute atomic E-state index is 12.2. The number of hydrogen-bond acceptors (Lipinski definition) is 5. The first-order chi connectivity index (χ1) is 15.0. The van der Waals surface area contributed by atoms with Crippen LogP contribution in [0.3, 0.4) is 0 Å². The van der Waals surface area contributed by atoms with Crippen LogP contribution in [-0.2, 0) is 25.6 Å². The van der Waals surface area contributed by atoms with E-state index in [4.69, 9.17) is 10.2 Å². The van der Waals surface area contributed by atoms with E-state index in [0.29, 0.717) is 0 Å². The molecular weight excluding hydrogens is 537 g/mol. The smallest absolute Gasteiger partial charge is 0.326 e. The van der Waals surface area contributed by atoms with Gasteiger partial charge in [-0.2, -0.15) is 0 Å². The van der Waals surface area contributed by atoms with E-state index in [0.717, 1.165) is 9.13 Å². The Morgan fingerprint density at radius 3 is 1.88 bits per heavy atom. The van der Waals surface area contributed by atoms with Crippen molar-refractivity contribution < 1.29 is 39.3 Å². The molecule has 0 heterocycles. The van der Waals surface area contributed by atoms with Crippen LogP contribution in [0, 0.1) is 3.57 Å². The summed E-state index contributed by atoms with van der Waals surface area (Å²) in [5.74, 6) is -4.20. The quantitative estimate of drug-likeness (QED) is 0.194. The van der Waals surface area contributed by atoms with Crippen molar-refractivity contribution in [1.29, 1.82) is 0 Å². The molecule has 0 aromatic heterocycles. The van der Waals surface area contributed by atoms with Gasteiger partial charge in [0, 0.05) is 16.0 Å². The Hall–Kier alpha value is -2.90. The van der Waals surface area contributed by atoms with Crippen LogP contribution in [0.2, 0.25) is 0 Å². The highest BCUT2D eigenvalue weighted by molar-refractivity contribution is 14.1. The fraction of sp³-hybridized carbons (Fsp3) is 0.450. The van der Waals surface area contributed by atoms with Gasteiger partial charge in [0.2, 0.25) is 5.91 Å². The number of carboxylic acids is 3. The second-order valence-corrected chi connectivity index (χ2v) is 8.43. The summed E-state index contributed by atoms with van der Waals surface area (Å²) in [4.78, 5) is 57.3. The van der Waals surface area contributed by atoms with E-state index in [1.165, 1.54) is 0 Å². The molecule has 11 nitrogen and oxygen atoms in total. The molecule has 0 aliphatic rings. The minimum atomic E-state index is -1.47. The number of carbonyl (C=O) groups excluding carboxylic acids is 2. The highest BCUT2D eigenvalue weighted by Gasteiger charge is 2.25. The molecule has 0 radical (unpaired) electrons. The Kier molecular flexibility index (Phi) is 11.4. The number of hydrogen-bond donors (Lipinski definition) is 6. The number of rotatable bonds is 13. The van der Waals surface area contributed by atoms with Crippen molar-refractivity contribution in [3.05, 3.63) is 33.4 Å². The average molecular weight is 563 g/mol. The third-order valence-electron chi connectivity index (χ3n) is 4.43. The van der Waals surface area contributed by atoms with Gasteiger partial charge in [0.05, 0.1) is 6.42 Å². The molecule has 0 spiro atoms. The van der Waals surface area contributed by atoms with Gasteiger partial charge < -0.3 is 31.3 Å². The van der Waals surface area contributed by atoms with E-state index in [9.17, 15) is 29.1 Å². The molecule has 176 valence electrons. The van der Waals surface area contributed by atoms with E-state index in [-0.39, 0.29) is 37.6 Å². The average Bonchev–Trinajstić information content (AvgIpc) is 2.69. The molecule has 1 rings (SSSR count). The van der Waals surface area contributed by atoms with Crippen LogP contribution < -0.4 is 16.0 Å². The zero-order valence-electron chi connectivity index (χ0n) is 17.3. The minimum Gasteiger partial charge on any atom is -0.481 e. The van der Waals surface area contributed by atoms with E-state index >= 15 is 0 Å². The Morgan fingerprint density at radius 1 is 0.844 bits per heavy atom. The summed E-state index contributed by atoms with van der Waals surface area (Å²) in [5.41, 5.74) is 0.841.